The molecule has 25 heavy (non-hydrogen) atoms. The van der Waals surface area contributed by atoms with Crippen molar-refractivity contribution in [1.82, 2.24) is 15.2 Å². The van der Waals surface area contributed by atoms with Gasteiger partial charge >= 0.3 is 0 Å². The average molecular weight is 335 g/mol. The van der Waals surface area contributed by atoms with Gasteiger partial charge in [0.25, 0.3) is 0 Å². The smallest absolute Gasteiger partial charge is 0.249 e. The summed E-state index contributed by atoms with van der Waals surface area (Å²) in [5.74, 6) is 1.75. The molecule has 0 aliphatic heterocycles. The van der Waals surface area contributed by atoms with E-state index in [9.17, 15) is 0 Å². The summed E-state index contributed by atoms with van der Waals surface area (Å²) in [6, 6.07) is 12.0. The average Bonchev–Trinajstić information content (AvgIpc) is 2.60. The van der Waals surface area contributed by atoms with Crippen LogP contribution in [0.4, 0.5) is 23.1 Å². The SMILES string of the molecule is COc1ccc(C)cc1Nc1nncc(Nc2cccc(C)c2C)n1. The summed E-state index contributed by atoms with van der Waals surface area (Å²) in [6.45, 7) is 6.17. The van der Waals surface area contributed by atoms with Gasteiger partial charge in [-0.3, -0.25) is 0 Å². The molecule has 0 bridgehead atoms. The van der Waals surface area contributed by atoms with E-state index in [1.54, 1.807) is 13.3 Å². The highest BCUT2D eigenvalue weighted by Crippen LogP contribution is 2.28. The standard InChI is InChI=1S/C19H21N5O/c1-12-8-9-17(25-4)16(10-12)22-19-23-18(11-20-24-19)21-15-7-5-6-13(2)14(15)3/h5-11H,1-4H3,(H2,21,22,23,24). The van der Waals surface area contributed by atoms with Crippen molar-refractivity contribution in [1.29, 1.82) is 0 Å². The van der Waals surface area contributed by atoms with Crippen LogP contribution < -0.4 is 15.4 Å². The summed E-state index contributed by atoms with van der Waals surface area (Å²) in [7, 11) is 1.63. The zero-order chi connectivity index (χ0) is 17.8. The molecule has 0 aliphatic rings. The molecule has 0 unspecified atom stereocenters. The number of ether oxygens (including phenoxy) is 1. The van der Waals surface area contributed by atoms with Crippen molar-refractivity contribution in [3.05, 3.63) is 59.3 Å². The number of methoxy groups -OCH3 is 1. The van der Waals surface area contributed by atoms with E-state index in [1.165, 1.54) is 11.1 Å². The third kappa shape index (κ3) is 3.85. The molecule has 3 rings (SSSR count). The lowest BCUT2D eigenvalue weighted by atomic mass is 10.1. The molecule has 0 saturated carbocycles. The quantitative estimate of drug-likeness (QED) is 0.724. The van der Waals surface area contributed by atoms with Crippen LogP contribution in [0, 0.1) is 20.8 Å². The monoisotopic (exact) mass is 335 g/mol. The molecular weight excluding hydrogens is 314 g/mol. The summed E-state index contributed by atoms with van der Waals surface area (Å²) in [5, 5.41) is 14.5. The van der Waals surface area contributed by atoms with Crippen LogP contribution >= 0.6 is 0 Å². The molecule has 1 aromatic heterocycles. The van der Waals surface area contributed by atoms with E-state index in [1.807, 2.05) is 37.3 Å². The number of hydrogen-bond acceptors (Lipinski definition) is 6. The highest BCUT2D eigenvalue weighted by molar-refractivity contribution is 5.65. The highest BCUT2D eigenvalue weighted by Gasteiger charge is 2.08. The van der Waals surface area contributed by atoms with Gasteiger partial charge in [0, 0.05) is 5.69 Å². The first kappa shape index (κ1) is 16.7. The van der Waals surface area contributed by atoms with E-state index in [2.05, 4.69) is 45.7 Å². The molecular formula is C19H21N5O. The van der Waals surface area contributed by atoms with Gasteiger partial charge in [0.15, 0.2) is 5.82 Å². The Hall–Kier alpha value is -3.15. The van der Waals surface area contributed by atoms with E-state index in [4.69, 9.17) is 4.74 Å². The Labute approximate surface area is 147 Å². The zero-order valence-corrected chi connectivity index (χ0v) is 14.8. The van der Waals surface area contributed by atoms with Crippen LogP contribution in [0.3, 0.4) is 0 Å². The van der Waals surface area contributed by atoms with Crippen molar-refractivity contribution in [3.8, 4) is 5.75 Å². The second-order valence-electron chi connectivity index (χ2n) is 5.87. The van der Waals surface area contributed by atoms with Gasteiger partial charge in [-0.1, -0.05) is 18.2 Å². The Morgan fingerprint density at radius 3 is 2.60 bits per heavy atom. The van der Waals surface area contributed by atoms with Gasteiger partial charge < -0.3 is 15.4 Å². The number of hydrogen-bond donors (Lipinski definition) is 2. The summed E-state index contributed by atoms with van der Waals surface area (Å²) in [5.41, 5.74) is 5.31. The minimum atomic E-state index is 0.402. The van der Waals surface area contributed by atoms with Gasteiger partial charge in [-0.15, -0.1) is 5.10 Å². The fourth-order valence-corrected chi connectivity index (χ4v) is 2.48. The first-order valence-corrected chi connectivity index (χ1v) is 8.01. The van der Waals surface area contributed by atoms with Crippen LogP contribution in [0.2, 0.25) is 0 Å². The van der Waals surface area contributed by atoms with Gasteiger partial charge in [0.2, 0.25) is 5.95 Å². The predicted octanol–water partition coefficient (Wildman–Crippen LogP) is 4.29. The molecule has 0 spiro atoms. The van der Waals surface area contributed by atoms with Crippen molar-refractivity contribution in [2.45, 2.75) is 20.8 Å². The maximum absolute atomic E-state index is 5.37. The van der Waals surface area contributed by atoms with Crippen LogP contribution in [-0.4, -0.2) is 22.3 Å². The summed E-state index contributed by atoms with van der Waals surface area (Å²) in [6.07, 6.45) is 1.60. The molecule has 0 atom stereocenters. The number of aromatic nitrogens is 3. The third-order valence-electron chi connectivity index (χ3n) is 4.03. The molecule has 0 amide bonds. The summed E-state index contributed by atoms with van der Waals surface area (Å²) >= 11 is 0. The number of nitrogens with one attached hydrogen (secondary N) is 2. The van der Waals surface area contributed by atoms with E-state index < -0.39 is 0 Å². The first-order chi connectivity index (χ1) is 12.1. The largest absolute Gasteiger partial charge is 0.495 e. The Bertz CT molecular complexity index is 895. The maximum Gasteiger partial charge on any atom is 0.249 e. The molecule has 128 valence electrons. The van der Waals surface area contributed by atoms with E-state index >= 15 is 0 Å². The molecule has 3 aromatic rings. The van der Waals surface area contributed by atoms with E-state index in [0.717, 1.165) is 22.7 Å². The van der Waals surface area contributed by atoms with Gasteiger partial charge in [-0.25, -0.2) is 0 Å². The van der Waals surface area contributed by atoms with Crippen molar-refractivity contribution < 1.29 is 4.74 Å². The Morgan fingerprint density at radius 2 is 1.80 bits per heavy atom. The molecule has 0 radical (unpaired) electrons. The molecule has 0 aliphatic carbocycles. The fraction of sp³-hybridized carbons (Fsp3) is 0.211. The van der Waals surface area contributed by atoms with Gasteiger partial charge in [-0.05, 0) is 55.7 Å². The normalized spacial score (nSPS) is 10.4. The molecule has 2 aromatic carbocycles. The van der Waals surface area contributed by atoms with Crippen molar-refractivity contribution in [2.24, 2.45) is 0 Å². The molecule has 2 N–H and O–H groups in total. The third-order valence-corrected chi connectivity index (χ3v) is 4.03. The number of nitrogens with zero attached hydrogens (tertiary/aromatic N) is 3. The summed E-state index contributed by atoms with van der Waals surface area (Å²) in [4.78, 5) is 4.49. The van der Waals surface area contributed by atoms with Crippen molar-refractivity contribution in [2.75, 3.05) is 17.7 Å². The van der Waals surface area contributed by atoms with Crippen LogP contribution in [0.1, 0.15) is 16.7 Å². The topological polar surface area (TPSA) is 72.0 Å². The molecule has 1 heterocycles. The zero-order valence-electron chi connectivity index (χ0n) is 14.8. The molecule has 6 nitrogen and oxygen atoms in total. The number of rotatable bonds is 5. The van der Waals surface area contributed by atoms with Gasteiger partial charge in [-0.2, -0.15) is 10.1 Å². The lowest BCUT2D eigenvalue weighted by Crippen LogP contribution is -2.04. The van der Waals surface area contributed by atoms with Gasteiger partial charge in [0.05, 0.1) is 19.0 Å². The summed E-state index contributed by atoms with van der Waals surface area (Å²) < 4.78 is 5.37. The highest BCUT2D eigenvalue weighted by atomic mass is 16.5. The van der Waals surface area contributed by atoms with Crippen LogP contribution in [0.25, 0.3) is 0 Å². The fourth-order valence-electron chi connectivity index (χ4n) is 2.48. The van der Waals surface area contributed by atoms with Gasteiger partial charge in [0.1, 0.15) is 5.75 Å². The van der Waals surface area contributed by atoms with Crippen molar-refractivity contribution in [3.63, 3.8) is 0 Å². The molecule has 0 saturated heterocycles. The molecule has 0 fully saturated rings. The number of anilines is 4. The lowest BCUT2D eigenvalue weighted by Gasteiger charge is -2.12. The first-order valence-electron chi connectivity index (χ1n) is 8.01. The Kier molecular flexibility index (Phi) is 4.79. The predicted molar refractivity (Wildman–Crippen MR) is 100 cm³/mol. The molecule has 6 heteroatoms. The van der Waals surface area contributed by atoms with Crippen LogP contribution in [0.15, 0.2) is 42.6 Å². The second-order valence-corrected chi connectivity index (χ2v) is 5.87. The number of aryl methyl sites for hydroxylation is 2. The second kappa shape index (κ2) is 7.17. The lowest BCUT2D eigenvalue weighted by molar-refractivity contribution is 0.416. The van der Waals surface area contributed by atoms with Crippen LogP contribution in [-0.2, 0) is 0 Å². The Balaban J connectivity index is 1.85. The maximum atomic E-state index is 5.37. The van der Waals surface area contributed by atoms with E-state index in [0.29, 0.717) is 11.8 Å². The van der Waals surface area contributed by atoms with E-state index in [-0.39, 0.29) is 0 Å². The van der Waals surface area contributed by atoms with Crippen LogP contribution in [0.5, 0.6) is 5.75 Å². The number of benzene rings is 2. The minimum absolute atomic E-state index is 0.402. The minimum Gasteiger partial charge on any atom is -0.495 e. The van der Waals surface area contributed by atoms with Crippen molar-refractivity contribution >= 4 is 23.1 Å². The Morgan fingerprint density at radius 1 is 0.960 bits per heavy atom.